The number of hydrogen-bond donors (Lipinski definition) is 3. The molecular weight excluding hydrogens is 318 g/mol. The highest BCUT2D eigenvalue weighted by Gasteiger charge is 2.29. The van der Waals surface area contributed by atoms with Crippen molar-refractivity contribution in [3.05, 3.63) is 48.4 Å². The summed E-state index contributed by atoms with van der Waals surface area (Å²) < 4.78 is 1.85. The smallest absolute Gasteiger partial charge is 0.253 e. The zero-order chi connectivity index (χ0) is 17.6. The molecule has 0 saturated heterocycles. The second-order valence-electron chi connectivity index (χ2n) is 6.65. The number of nitrogens with zero attached hydrogens (tertiary/aromatic N) is 2. The average Bonchev–Trinajstić information content (AvgIpc) is 3.21. The van der Waals surface area contributed by atoms with E-state index in [1.54, 1.807) is 12.1 Å². The molecule has 6 nitrogen and oxygen atoms in total. The van der Waals surface area contributed by atoms with E-state index in [4.69, 9.17) is 0 Å². The molecule has 1 amide bonds. The van der Waals surface area contributed by atoms with Crippen LogP contribution in [0.1, 0.15) is 42.5 Å². The molecule has 2 aromatic rings. The molecule has 25 heavy (non-hydrogen) atoms. The fraction of sp³-hybridized carbons (Fsp3) is 0.474. The molecule has 0 spiro atoms. The number of carbonyl (C=O) groups is 1. The number of pyridine rings is 1. The molecule has 2 atom stereocenters. The molecule has 134 valence electrons. The highest BCUT2D eigenvalue weighted by atomic mass is 16.3. The third-order valence-corrected chi connectivity index (χ3v) is 4.94. The van der Waals surface area contributed by atoms with Crippen LogP contribution in [0.15, 0.2) is 42.9 Å². The largest absolute Gasteiger partial charge is 0.394 e. The zero-order valence-corrected chi connectivity index (χ0v) is 14.2. The number of aromatic nitrogens is 2. The van der Waals surface area contributed by atoms with Gasteiger partial charge in [-0.15, -0.1) is 0 Å². The number of aliphatic hydroxyl groups excluding tert-OH is 2. The molecule has 0 aromatic carbocycles. The molecule has 1 aliphatic rings. The van der Waals surface area contributed by atoms with Crippen molar-refractivity contribution in [2.75, 3.05) is 6.61 Å². The van der Waals surface area contributed by atoms with Crippen LogP contribution in [-0.2, 0) is 0 Å². The van der Waals surface area contributed by atoms with E-state index in [2.05, 4.69) is 10.3 Å². The summed E-state index contributed by atoms with van der Waals surface area (Å²) in [5, 5.41) is 22.9. The first-order valence-corrected chi connectivity index (χ1v) is 8.88. The predicted octanol–water partition coefficient (Wildman–Crippen LogP) is 1.90. The molecular formula is C19H25N3O3. The van der Waals surface area contributed by atoms with Gasteiger partial charge in [-0.2, -0.15) is 0 Å². The molecule has 1 fully saturated rings. The molecule has 2 aromatic heterocycles. The topological polar surface area (TPSA) is 87.4 Å². The maximum Gasteiger partial charge on any atom is 0.253 e. The van der Waals surface area contributed by atoms with Crippen LogP contribution >= 0.6 is 0 Å². The number of aliphatic hydroxyl groups is 2. The van der Waals surface area contributed by atoms with Crippen LogP contribution in [0.3, 0.4) is 0 Å². The van der Waals surface area contributed by atoms with E-state index in [-0.39, 0.29) is 18.4 Å². The van der Waals surface area contributed by atoms with Gasteiger partial charge in [-0.1, -0.05) is 19.3 Å². The first-order chi connectivity index (χ1) is 12.2. The summed E-state index contributed by atoms with van der Waals surface area (Å²) in [5.41, 5.74) is 0.408. The van der Waals surface area contributed by atoms with Crippen molar-refractivity contribution in [1.29, 1.82) is 0 Å². The van der Waals surface area contributed by atoms with E-state index in [1.165, 1.54) is 12.6 Å². The van der Waals surface area contributed by atoms with Crippen LogP contribution in [0.5, 0.6) is 0 Å². The lowest BCUT2D eigenvalue weighted by Crippen LogP contribution is -2.49. The lowest BCUT2D eigenvalue weighted by molar-refractivity contribution is 0.0278. The summed E-state index contributed by atoms with van der Waals surface area (Å²) in [5.74, 6) is 0.531. The number of carbonyl (C=O) groups excluding carboxylic acids is 1. The van der Waals surface area contributed by atoms with Crippen LogP contribution in [-0.4, -0.2) is 44.4 Å². The van der Waals surface area contributed by atoms with Crippen LogP contribution < -0.4 is 5.32 Å². The maximum atomic E-state index is 12.4. The van der Waals surface area contributed by atoms with Crippen LogP contribution in [0, 0.1) is 5.92 Å². The van der Waals surface area contributed by atoms with Gasteiger partial charge in [-0.05, 0) is 43.0 Å². The zero-order valence-electron chi connectivity index (χ0n) is 14.2. The summed E-state index contributed by atoms with van der Waals surface area (Å²) >= 11 is 0. The summed E-state index contributed by atoms with van der Waals surface area (Å²) in [6.45, 7) is -0.279. The molecule has 1 saturated carbocycles. The summed E-state index contributed by atoms with van der Waals surface area (Å²) in [7, 11) is 0. The Morgan fingerprint density at radius 3 is 2.56 bits per heavy atom. The monoisotopic (exact) mass is 343 g/mol. The van der Waals surface area contributed by atoms with E-state index in [1.807, 2.05) is 29.1 Å². The van der Waals surface area contributed by atoms with Gasteiger partial charge < -0.3 is 20.1 Å². The van der Waals surface area contributed by atoms with Gasteiger partial charge in [0.2, 0.25) is 0 Å². The predicted molar refractivity (Wildman–Crippen MR) is 94.5 cm³/mol. The molecule has 6 heteroatoms. The van der Waals surface area contributed by atoms with Crippen LogP contribution in [0.25, 0.3) is 5.82 Å². The Kier molecular flexibility index (Phi) is 5.83. The van der Waals surface area contributed by atoms with E-state index >= 15 is 0 Å². The first kappa shape index (κ1) is 17.6. The molecule has 2 heterocycles. The molecule has 0 radical (unpaired) electrons. The number of rotatable bonds is 6. The summed E-state index contributed by atoms with van der Waals surface area (Å²) in [6, 6.07) is 6.61. The molecule has 2 unspecified atom stereocenters. The van der Waals surface area contributed by atoms with Gasteiger partial charge in [0.25, 0.3) is 5.91 Å². The van der Waals surface area contributed by atoms with Gasteiger partial charge in [-0.3, -0.25) is 4.79 Å². The van der Waals surface area contributed by atoms with E-state index in [0.717, 1.165) is 31.5 Å². The fourth-order valence-electron chi connectivity index (χ4n) is 3.46. The lowest BCUT2D eigenvalue weighted by atomic mass is 9.82. The third-order valence-electron chi connectivity index (χ3n) is 4.94. The van der Waals surface area contributed by atoms with Gasteiger partial charge >= 0.3 is 0 Å². The first-order valence-electron chi connectivity index (χ1n) is 8.88. The standard InChI is InChI=1S/C19H25N3O3/c23-13-16(18(24)14-6-2-1-3-7-14)21-19(25)15-8-9-17(20-12-15)22-10-4-5-11-22/h4-5,8-12,14,16,18,23-24H,1-3,6-7,13H2,(H,21,25). The van der Waals surface area contributed by atoms with Crippen molar-refractivity contribution in [3.63, 3.8) is 0 Å². The maximum absolute atomic E-state index is 12.4. The Labute approximate surface area is 147 Å². The van der Waals surface area contributed by atoms with Crippen molar-refractivity contribution >= 4 is 5.91 Å². The van der Waals surface area contributed by atoms with E-state index in [0.29, 0.717) is 5.56 Å². The van der Waals surface area contributed by atoms with Crippen molar-refractivity contribution in [2.45, 2.75) is 44.2 Å². The van der Waals surface area contributed by atoms with Crippen molar-refractivity contribution in [3.8, 4) is 5.82 Å². The summed E-state index contributed by atoms with van der Waals surface area (Å²) in [4.78, 5) is 16.7. The Morgan fingerprint density at radius 1 is 1.24 bits per heavy atom. The Bertz CT molecular complexity index is 664. The molecule has 0 bridgehead atoms. The van der Waals surface area contributed by atoms with E-state index in [9.17, 15) is 15.0 Å². The fourth-order valence-corrected chi connectivity index (χ4v) is 3.46. The molecule has 0 aliphatic heterocycles. The minimum Gasteiger partial charge on any atom is -0.394 e. The van der Waals surface area contributed by atoms with Crippen molar-refractivity contribution < 1.29 is 15.0 Å². The third kappa shape index (κ3) is 4.27. The van der Waals surface area contributed by atoms with Crippen LogP contribution in [0.4, 0.5) is 0 Å². The summed E-state index contributed by atoms with van der Waals surface area (Å²) in [6.07, 6.45) is 9.82. The molecule has 1 aliphatic carbocycles. The van der Waals surface area contributed by atoms with Gasteiger partial charge in [-0.25, -0.2) is 4.98 Å². The average molecular weight is 343 g/mol. The van der Waals surface area contributed by atoms with Crippen molar-refractivity contribution in [1.82, 2.24) is 14.9 Å². The minimum absolute atomic E-state index is 0.139. The SMILES string of the molecule is O=C(NC(CO)C(O)C1CCCCC1)c1ccc(-n2cccc2)nc1. The van der Waals surface area contributed by atoms with Crippen molar-refractivity contribution in [2.24, 2.45) is 5.92 Å². The van der Waals surface area contributed by atoms with Gasteiger partial charge in [0, 0.05) is 18.6 Å². The second kappa shape index (κ2) is 8.27. The normalized spacial score (nSPS) is 17.8. The number of nitrogens with one attached hydrogen (secondary N) is 1. The van der Waals surface area contributed by atoms with Crippen LogP contribution in [0.2, 0.25) is 0 Å². The highest BCUT2D eigenvalue weighted by Crippen LogP contribution is 2.27. The Hall–Kier alpha value is -2.18. The molecule has 3 rings (SSSR count). The molecule has 3 N–H and O–H groups in total. The Balaban J connectivity index is 1.63. The second-order valence-corrected chi connectivity index (χ2v) is 6.65. The van der Waals surface area contributed by atoms with Gasteiger partial charge in [0.15, 0.2) is 0 Å². The number of hydrogen-bond acceptors (Lipinski definition) is 4. The Morgan fingerprint density at radius 2 is 1.96 bits per heavy atom. The quantitative estimate of drug-likeness (QED) is 0.748. The van der Waals surface area contributed by atoms with Gasteiger partial charge in [0.1, 0.15) is 5.82 Å². The minimum atomic E-state index is -0.721. The highest BCUT2D eigenvalue weighted by molar-refractivity contribution is 5.94. The lowest BCUT2D eigenvalue weighted by Gasteiger charge is -2.31. The number of amides is 1. The van der Waals surface area contributed by atoms with Gasteiger partial charge in [0.05, 0.1) is 24.3 Å². The van der Waals surface area contributed by atoms with E-state index < -0.39 is 12.1 Å².